The molecule has 1 heterocycles. The third-order valence-electron chi connectivity index (χ3n) is 4.19. The van der Waals surface area contributed by atoms with Crippen molar-refractivity contribution < 1.29 is 4.79 Å². The summed E-state index contributed by atoms with van der Waals surface area (Å²) in [4.78, 5) is 18.5. The molecule has 0 unspecified atom stereocenters. The van der Waals surface area contributed by atoms with Crippen LogP contribution in [0.1, 0.15) is 37.3 Å². The fraction of sp³-hybridized carbons (Fsp3) is 0.556. The molecule has 1 amide bonds. The predicted octanol–water partition coefficient (Wildman–Crippen LogP) is 1.93. The number of aliphatic imine (C=N–C) groups is 1. The third-order valence-corrected chi connectivity index (χ3v) is 4.19. The second-order valence-electron chi connectivity index (χ2n) is 5.89. The number of carbonyl (C=O) groups is 1. The molecule has 2 rings (SSSR count). The minimum absolute atomic E-state index is 0.121. The molecular formula is C18H28N4O. The van der Waals surface area contributed by atoms with E-state index in [0.717, 1.165) is 25.9 Å². The Morgan fingerprint density at radius 3 is 2.74 bits per heavy atom. The number of nitrogens with zero attached hydrogens (tertiary/aromatic N) is 2. The van der Waals surface area contributed by atoms with Crippen LogP contribution in [0.25, 0.3) is 0 Å². The van der Waals surface area contributed by atoms with E-state index < -0.39 is 0 Å². The number of amides is 1. The lowest BCUT2D eigenvalue weighted by molar-refractivity contribution is -0.130. The van der Waals surface area contributed by atoms with E-state index in [9.17, 15) is 4.79 Å². The molecule has 0 spiro atoms. The van der Waals surface area contributed by atoms with Crippen LogP contribution in [-0.4, -0.2) is 43.4 Å². The van der Waals surface area contributed by atoms with Gasteiger partial charge < -0.3 is 15.5 Å². The Morgan fingerprint density at radius 1 is 1.22 bits per heavy atom. The highest BCUT2D eigenvalue weighted by molar-refractivity contribution is 5.86. The smallest absolute Gasteiger partial charge is 0.242 e. The molecule has 1 aliphatic rings. The van der Waals surface area contributed by atoms with Gasteiger partial charge in [0.15, 0.2) is 5.96 Å². The Kier molecular flexibility index (Phi) is 6.91. The number of benzene rings is 1. The quantitative estimate of drug-likeness (QED) is 0.479. The summed E-state index contributed by atoms with van der Waals surface area (Å²) < 4.78 is 0. The highest BCUT2D eigenvalue weighted by Gasteiger charge is 2.20. The zero-order chi connectivity index (χ0) is 16.5. The van der Waals surface area contributed by atoms with Crippen LogP contribution < -0.4 is 10.6 Å². The number of carbonyl (C=O) groups excluding carboxylic acids is 1. The molecule has 1 aromatic carbocycles. The SMILES string of the molecule is CCCCCNC(=NC)NCC(=O)N1CCc2ccccc2C1. The van der Waals surface area contributed by atoms with Crippen molar-refractivity contribution in [3.8, 4) is 0 Å². The average Bonchev–Trinajstić information content (AvgIpc) is 2.60. The van der Waals surface area contributed by atoms with Gasteiger partial charge in [-0.25, -0.2) is 0 Å². The van der Waals surface area contributed by atoms with Crippen molar-refractivity contribution in [3.63, 3.8) is 0 Å². The van der Waals surface area contributed by atoms with E-state index in [1.165, 1.54) is 24.0 Å². The molecule has 0 aromatic heterocycles. The van der Waals surface area contributed by atoms with E-state index in [4.69, 9.17) is 0 Å². The lowest BCUT2D eigenvalue weighted by Crippen LogP contribution is -2.46. The number of rotatable bonds is 6. The number of hydrogen-bond acceptors (Lipinski definition) is 2. The molecule has 0 atom stereocenters. The van der Waals surface area contributed by atoms with Crippen LogP contribution >= 0.6 is 0 Å². The lowest BCUT2D eigenvalue weighted by atomic mass is 10.00. The fourth-order valence-electron chi connectivity index (χ4n) is 2.78. The Balaban J connectivity index is 1.76. The van der Waals surface area contributed by atoms with Gasteiger partial charge in [-0.15, -0.1) is 0 Å². The summed E-state index contributed by atoms with van der Waals surface area (Å²) in [7, 11) is 1.73. The maximum atomic E-state index is 12.4. The monoisotopic (exact) mass is 316 g/mol. The molecule has 2 N–H and O–H groups in total. The molecule has 0 fully saturated rings. The molecule has 5 nitrogen and oxygen atoms in total. The molecule has 126 valence electrons. The van der Waals surface area contributed by atoms with Crippen molar-refractivity contribution in [2.45, 2.75) is 39.2 Å². The summed E-state index contributed by atoms with van der Waals surface area (Å²) in [5.41, 5.74) is 2.62. The molecule has 0 saturated heterocycles. The Hall–Kier alpha value is -2.04. The van der Waals surface area contributed by atoms with Crippen LogP contribution in [0.2, 0.25) is 0 Å². The van der Waals surface area contributed by atoms with Crippen LogP contribution in [0.5, 0.6) is 0 Å². The van der Waals surface area contributed by atoms with Gasteiger partial charge in [0.1, 0.15) is 0 Å². The standard InChI is InChI=1S/C18H28N4O/c1-3-4-7-11-20-18(19-2)21-13-17(23)22-12-10-15-8-5-6-9-16(15)14-22/h5-6,8-9H,3-4,7,10-14H2,1-2H3,(H2,19,20,21). The van der Waals surface area contributed by atoms with Crippen molar-refractivity contribution in [1.29, 1.82) is 0 Å². The summed E-state index contributed by atoms with van der Waals surface area (Å²) in [5, 5.41) is 6.36. The van der Waals surface area contributed by atoms with Crippen molar-refractivity contribution in [2.24, 2.45) is 4.99 Å². The average molecular weight is 316 g/mol. The molecule has 0 saturated carbocycles. The Morgan fingerprint density at radius 2 is 2.00 bits per heavy atom. The maximum absolute atomic E-state index is 12.4. The zero-order valence-corrected chi connectivity index (χ0v) is 14.3. The van der Waals surface area contributed by atoms with Gasteiger partial charge in [-0.05, 0) is 24.0 Å². The summed E-state index contributed by atoms with van der Waals surface area (Å²) in [6, 6.07) is 8.35. The largest absolute Gasteiger partial charge is 0.356 e. The molecule has 0 bridgehead atoms. The molecule has 0 aliphatic carbocycles. The van der Waals surface area contributed by atoms with E-state index in [1.54, 1.807) is 7.05 Å². The number of guanidine groups is 1. The molecule has 1 aromatic rings. The Labute approximate surface area is 139 Å². The second kappa shape index (κ2) is 9.18. The fourth-order valence-corrected chi connectivity index (χ4v) is 2.78. The van der Waals surface area contributed by atoms with Crippen molar-refractivity contribution in [2.75, 3.05) is 26.7 Å². The van der Waals surface area contributed by atoms with Crippen molar-refractivity contribution in [3.05, 3.63) is 35.4 Å². The van der Waals surface area contributed by atoms with E-state index >= 15 is 0 Å². The number of nitrogens with one attached hydrogen (secondary N) is 2. The molecule has 23 heavy (non-hydrogen) atoms. The summed E-state index contributed by atoms with van der Waals surface area (Å²) in [5.74, 6) is 0.822. The number of hydrogen-bond donors (Lipinski definition) is 2. The summed E-state index contributed by atoms with van der Waals surface area (Å²) >= 11 is 0. The zero-order valence-electron chi connectivity index (χ0n) is 14.3. The van der Waals surface area contributed by atoms with Gasteiger partial charge in [-0.1, -0.05) is 44.0 Å². The van der Waals surface area contributed by atoms with Gasteiger partial charge in [-0.3, -0.25) is 9.79 Å². The third kappa shape index (κ3) is 5.27. The molecule has 1 aliphatic heterocycles. The first-order valence-electron chi connectivity index (χ1n) is 8.53. The molecular weight excluding hydrogens is 288 g/mol. The van der Waals surface area contributed by atoms with Crippen LogP contribution in [0.4, 0.5) is 0 Å². The van der Waals surface area contributed by atoms with Gasteiger partial charge in [0.25, 0.3) is 0 Å². The van der Waals surface area contributed by atoms with Crippen LogP contribution in [-0.2, 0) is 17.8 Å². The molecule has 5 heteroatoms. The minimum Gasteiger partial charge on any atom is -0.356 e. The highest BCUT2D eigenvalue weighted by atomic mass is 16.2. The number of fused-ring (bicyclic) bond motifs is 1. The minimum atomic E-state index is 0.121. The van der Waals surface area contributed by atoms with E-state index in [-0.39, 0.29) is 12.5 Å². The van der Waals surface area contributed by atoms with E-state index in [0.29, 0.717) is 12.5 Å². The van der Waals surface area contributed by atoms with Gasteiger partial charge >= 0.3 is 0 Å². The second-order valence-corrected chi connectivity index (χ2v) is 5.89. The van der Waals surface area contributed by atoms with Gasteiger partial charge in [0.2, 0.25) is 5.91 Å². The highest BCUT2D eigenvalue weighted by Crippen LogP contribution is 2.18. The lowest BCUT2D eigenvalue weighted by Gasteiger charge is -2.29. The maximum Gasteiger partial charge on any atom is 0.242 e. The van der Waals surface area contributed by atoms with E-state index in [2.05, 4.69) is 40.7 Å². The Bertz CT molecular complexity index is 542. The molecule has 0 radical (unpaired) electrons. The first-order valence-corrected chi connectivity index (χ1v) is 8.53. The van der Waals surface area contributed by atoms with Crippen LogP contribution in [0, 0.1) is 0 Å². The van der Waals surface area contributed by atoms with Gasteiger partial charge in [-0.2, -0.15) is 0 Å². The first kappa shape index (κ1) is 17.3. The first-order chi connectivity index (χ1) is 11.2. The predicted molar refractivity (Wildman–Crippen MR) is 94.5 cm³/mol. The summed E-state index contributed by atoms with van der Waals surface area (Å²) in [6.07, 6.45) is 4.46. The topological polar surface area (TPSA) is 56.7 Å². The van der Waals surface area contributed by atoms with Gasteiger partial charge in [0, 0.05) is 26.7 Å². The van der Waals surface area contributed by atoms with Crippen LogP contribution in [0.3, 0.4) is 0 Å². The summed E-state index contributed by atoms with van der Waals surface area (Å²) in [6.45, 7) is 4.86. The van der Waals surface area contributed by atoms with Crippen LogP contribution in [0.15, 0.2) is 29.3 Å². The number of unbranched alkanes of at least 4 members (excludes halogenated alkanes) is 2. The van der Waals surface area contributed by atoms with Crippen molar-refractivity contribution in [1.82, 2.24) is 15.5 Å². The normalized spacial score (nSPS) is 14.3. The van der Waals surface area contributed by atoms with Crippen molar-refractivity contribution >= 4 is 11.9 Å². The van der Waals surface area contributed by atoms with Gasteiger partial charge in [0.05, 0.1) is 6.54 Å². The van der Waals surface area contributed by atoms with E-state index in [1.807, 2.05) is 11.0 Å².